The van der Waals surface area contributed by atoms with Gasteiger partial charge in [0.2, 0.25) is 0 Å². The summed E-state index contributed by atoms with van der Waals surface area (Å²) in [6.07, 6.45) is 6.63. The maximum absolute atomic E-state index is 5.99. The van der Waals surface area contributed by atoms with Crippen LogP contribution >= 0.6 is 0 Å². The van der Waals surface area contributed by atoms with Crippen LogP contribution in [-0.2, 0) is 13.0 Å². The Kier molecular flexibility index (Phi) is 5.62. The zero-order valence-electron chi connectivity index (χ0n) is 12.0. The summed E-state index contributed by atoms with van der Waals surface area (Å²) in [4.78, 5) is 4.38. The molecule has 20 heavy (non-hydrogen) atoms. The number of hydrogen-bond acceptors (Lipinski definition) is 3. The van der Waals surface area contributed by atoms with Crippen LogP contribution in [0.3, 0.4) is 0 Å². The number of nitrogens with zero attached hydrogens (tertiary/aromatic N) is 2. The molecule has 1 atom stereocenters. The standard InChI is InChI=1S/C16H23N3O/c1-2-14(17)13-16-18-9-11-19(16)10-6-12-20-15-7-4-3-5-8-15/h3-5,7-9,11,14H,2,6,10,12-13,17H2,1H3. The van der Waals surface area contributed by atoms with E-state index in [4.69, 9.17) is 10.5 Å². The number of para-hydroxylation sites is 1. The van der Waals surface area contributed by atoms with E-state index in [1.807, 2.05) is 42.7 Å². The van der Waals surface area contributed by atoms with Gasteiger partial charge in [0.15, 0.2) is 0 Å². The van der Waals surface area contributed by atoms with Crippen LogP contribution in [0.4, 0.5) is 0 Å². The smallest absolute Gasteiger partial charge is 0.119 e. The lowest BCUT2D eigenvalue weighted by atomic mass is 10.1. The van der Waals surface area contributed by atoms with Crippen molar-refractivity contribution in [1.29, 1.82) is 0 Å². The summed E-state index contributed by atoms with van der Waals surface area (Å²) >= 11 is 0. The van der Waals surface area contributed by atoms with Crippen molar-refractivity contribution >= 4 is 0 Å². The largest absolute Gasteiger partial charge is 0.494 e. The van der Waals surface area contributed by atoms with Gasteiger partial charge in [0.25, 0.3) is 0 Å². The first-order chi connectivity index (χ1) is 9.79. The molecule has 0 spiro atoms. The van der Waals surface area contributed by atoms with Crippen LogP contribution < -0.4 is 10.5 Å². The first-order valence-electron chi connectivity index (χ1n) is 7.23. The third-order valence-electron chi connectivity index (χ3n) is 3.33. The molecule has 0 bridgehead atoms. The highest BCUT2D eigenvalue weighted by Gasteiger charge is 2.07. The summed E-state index contributed by atoms with van der Waals surface area (Å²) in [7, 11) is 0. The first-order valence-corrected chi connectivity index (χ1v) is 7.23. The van der Waals surface area contributed by atoms with Gasteiger partial charge in [-0.1, -0.05) is 25.1 Å². The second kappa shape index (κ2) is 7.70. The fraction of sp³-hybridized carbons (Fsp3) is 0.438. The monoisotopic (exact) mass is 273 g/mol. The van der Waals surface area contributed by atoms with E-state index in [-0.39, 0.29) is 6.04 Å². The van der Waals surface area contributed by atoms with E-state index in [0.717, 1.165) is 37.4 Å². The van der Waals surface area contributed by atoms with Gasteiger partial charge in [-0.05, 0) is 25.0 Å². The Balaban J connectivity index is 1.75. The summed E-state index contributed by atoms with van der Waals surface area (Å²) in [5.41, 5.74) is 5.99. The molecule has 1 unspecified atom stereocenters. The van der Waals surface area contributed by atoms with Crippen LogP contribution in [0.2, 0.25) is 0 Å². The molecule has 1 aromatic carbocycles. The van der Waals surface area contributed by atoms with Gasteiger partial charge < -0.3 is 15.0 Å². The van der Waals surface area contributed by atoms with Crippen molar-refractivity contribution < 1.29 is 4.74 Å². The number of aromatic nitrogens is 2. The van der Waals surface area contributed by atoms with Crippen LogP contribution in [0, 0.1) is 0 Å². The lowest BCUT2D eigenvalue weighted by Gasteiger charge is -2.11. The van der Waals surface area contributed by atoms with Crippen molar-refractivity contribution in [1.82, 2.24) is 9.55 Å². The van der Waals surface area contributed by atoms with E-state index in [1.165, 1.54) is 0 Å². The van der Waals surface area contributed by atoms with Gasteiger partial charge in [-0.3, -0.25) is 0 Å². The van der Waals surface area contributed by atoms with Crippen molar-refractivity contribution in [2.45, 2.75) is 38.8 Å². The number of ether oxygens (including phenoxy) is 1. The average molecular weight is 273 g/mol. The molecule has 0 radical (unpaired) electrons. The normalized spacial score (nSPS) is 12.3. The van der Waals surface area contributed by atoms with Gasteiger partial charge in [-0.2, -0.15) is 0 Å². The Bertz CT molecular complexity index is 495. The highest BCUT2D eigenvalue weighted by molar-refractivity contribution is 5.20. The zero-order chi connectivity index (χ0) is 14.2. The van der Waals surface area contributed by atoms with Crippen LogP contribution in [0.1, 0.15) is 25.6 Å². The maximum atomic E-state index is 5.99. The molecule has 0 aliphatic rings. The fourth-order valence-corrected chi connectivity index (χ4v) is 2.05. The summed E-state index contributed by atoms with van der Waals surface area (Å²) < 4.78 is 7.86. The number of benzene rings is 1. The molecular formula is C16H23N3O. The zero-order valence-corrected chi connectivity index (χ0v) is 12.0. The van der Waals surface area contributed by atoms with Crippen molar-refractivity contribution in [2.24, 2.45) is 5.73 Å². The van der Waals surface area contributed by atoms with Crippen molar-refractivity contribution in [2.75, 3.05) is 6.61 Å². The number of aryl methyl sites for hydroxylation is 1. The van der Waals surface area contributed by atoms with Gasteiger partial charge in [0.1, 0.15) is 11.6 Å². The molecule has 0 fully saturated rings. The van der Waals surface area contributed by atoms with E-state index in [1.54, 1.807) is 0 Å². The Morgan fingerprint density at radius 1 is 1.30 bits per heavy atom. The molecule has 108 valence electrons. The number of rotatable bonds is 8. The number of imidazole rings is 1. The molecule has 0 aliphatic carbocycles. The predicted octanol–water partition coefficient (Wildman–Crippen LogP) is 2.63. The maximum Gasteiger partial charge on any atom is 0.119 e. The van der Waals surface area contributed by atoms with Crippen molar-refractivity contribution in [3.05, 3.63) is 48.5 Å². The Labute approximate surface area is 120 Å². The van der Waals surface area contributed by atoms with E-state index in [9.17, 15) is 0 Å². The molecule has 2 N–H and O–H groups in total. The second-order valence-electron chi connectivity index (χ2n) is 4.92. The van der Waals surface area contributed by atoms with E-state index in [0.29, 0.717) is 6.61 Å². The van der Waals surface area contributed by atoms with Crippen LogP contribution in [0.5, 0.6) is 5.75 Å². The lowest BCUT2D eigenvalue weighted by molar-refractivity contribution is 0.300. The van der Waals surface area contributed by atoms with Crippen LogP contribution in [-0.4, -0.2) is 22.2 Å². The van der Waals surface area contributed by atoms with Crippen LogP contribution in [0.25, 0.3) is 0 Å². The Morgan fingerprint density at radius 2 is 2.10 bits per heavy atom. The summed E-state index contributed by atoms with van der Waals surface area (Å²) in [6, 6.07) is 10.1. The number of hydrogen-bond donors (Lipinski definition) is 1. The van der Waals surface area contributed by atoms with Gasteiger partial charge in [0, 0.05) is 31.4 Å². The van der Waals surface area contributed by atoms with Gasteiger partial charge in [-0.25, -0.2) is 4.98 Å². The molecule has 1 heterocycles. The average Bonchev–Trinajstić information content (AvgIpc) is 2.92. The molecule has 4 heteroatoms. The molecule has 1 aromatic heterocycles. The van der Waals surface area contributed by atoms with Gasteiger partial charge in [-0.15, -0.1) is 0 Å². The molecule has 0 saturated carbocycles. The van der Waals surface area contributed by atoms with Gasteiger partial charge >= 0.3 is 0 Å². The highest BCUT2D eigenvalue weighted by Crippen LogP contribution is 2.09. The number of nitrogens with two attached hydrogens (primary N) is 1. The fourth-order valence-electron chi connectivity index (χ4n) is 2.05. The molecule has 0 saturated heterocycles. The molecule has 2 aromatic rings. The SMILES string of the molecule is CCC(N)Cc1nccn1CCCOc1ccccc1. The summed E-state index contributed by atoms with van der Waals surface area (Å²) in [5, 5.41) is 0. The third-order valence-corrected chi connectivity index (χ3v) is 3.33. The second-order valence-corrected chi connectivity index (χ2v) is 4.92. The molecule has 2 rings (SSSR count). The molecule has 0 amide bonds. The minimum atomic E-state index is 0.191. The summed E-state index contributed by atoms with van der Waals surface area (Å²) in [5.74, 6) is 1.99. The van der Waals surface area contributed by atoms with E-state index in [2.05, 4.69) is 16.5 Å². The van der Waals surface area contributed by atoms with Gasteiger partial charge in [0.05, 0.1) is 6.61 Å². The third kappa shape index (κ3) is 4.38. The van der Waals surface area contributed by atoms with Crippen LogP contribution in [0.15, 0.2) is 42.7 Å². The highest BCUT2D eigenvalue weighted by atomic mass is 16.5. The topological polar surface area (TPSA) is 53.1 Å². The Morgan fingerprint density at radius 3 is 2.85 bits per heavy atom. The molecule has 4 nitrogen and oxygen atoms in total. The summed E-state index contributed by atoms with van der Waals surface area (Å²) in [6.45, 7) is 3.73. The first kappa shape index (κ1) is 14.6. The van der Waals surface area contributed by atoms with E-state index < -0.39 is 0 Å². The quantitative estimate of drug-likeness (QED) is 0.752. The minimum absolute atomic E-state index is 0.191. The predicted molar refractivity (Wildman–Crippen MR) is 80.8 cm³/mol. The minimum Gasteiger partial charge on any atom is -0.494 e. The molecular weight excluding hydrogens is 250 g/mol. The molecule has 0 aliphatic heterocycles. The van der Waals surface area contributed by atoms with E-state index >= 15 is 0 Å². The van der Waals surface area contributed by atoms with Crippen molar-refractivity contribution in [3.63, 3.8) is 0 Å². The Hall–Kier alpha value is -1.81. The lowest BCUT2D eigenvalue weighted by Crippen LogP contribution is -2.23. The van der Waals surface area contributed by atoms with Crippen molar-refractivity contribution in [3.8, 4) is 5.75 Å².